The standard InChI is InChI=1S/C16H28IN3OSi/c1-10(2)22(11(3)4,12(5)6)20-8-13(17)14-15(20)18-9-19-16(14)21-7/h9-13H,8H2,1-7H3. The Morgan fingerprint density at radius 2 is 1.68 bits per heavy atom. The molecule has 2 heterocycles. The molecule has 0 saturated heterocycles. The molecule has 1 aliphatic rings. The van der Waals surface area contributed by atoms with E-state index in [4.69, 9.17) is 4.74 Å². The van der Waals surface area contributed by atoms with Gasteiger partial charge in [0.05, 0.1) is 16.6 Å². The van der Waals surface area contributed by atoms with Gasteiger partial charge < -0.3 is 9.30 Å². The second-order valence-electron chi connectivity index (χ2n) is 7.05. The lowest BCUT2D eigenvalue weighted by Crippen LogP contribution is -2.60. The first-order chi connectivity index (χ1) is 10.3. The van der Waals surface area contributed by atoms with Gasteiger partial charge in [0, 0.05) is 6.54 Å². The Balaban J connectivity index is 2.63. The lowest BCUT2D eigenvalue weighted by molar-refractivity contribution is 0.393. The maximum Gasteiger partial charge on any atom is 0.222 e. The van der Waals surface area contributed by atoms with Gasteiger partial charge in [-0.05, 0) is 16.6 Å². The zero-order valence-corrected chi connectivity index (χ0v) is 17.9. The highest BCUT2D eigenvalue weighted by Gasteiger charge is 2.52. The highest BCUT2D eigenvalue weighted by Crippen LogP contribution is 2.52. The number of hydrogen-bond donors (Lipinski definition) is 0. The van der Waals surface area contributed by atoms with Gasteiger partial charge in [-0.1, -0.05) is 64.1 Å². The Hall–Kier alpha value is -0.373. The SMILES string of the molecule is COc1ncnc2c1C(I)CN2[Si](C(C)C)(C(C)C)C(C)C. The Morgan fingerprint density at radius 3 is 2.14 bits per heavy atom. The Morgan fingerprint density at radius 1 is 1.14 bits per heavy atom. The smallest absolute Gasteiger partial charge is 0.222 e. The molecular formula is C16H28IN3OSi. The lowest BCUT2D eigenvalue weighted by Gasteiger charge is -2.50. The van der Waals surface area contributed by atoms with E-state index >= 15 is 0 Å². The van der Waals surface area contributed by atoms with Gasteiger partial charge >= 0.3 is 0 Å². The van der Waals surface area contributed by atoms with Gasteiger partial charge in [-0.3, -0.25) is 0 Å². The van der Waals surface area contributed by atoms with E-state index in [1.807, 2.05) is 0 Å². The van der Waals surface area contributed by atoms with Crippen molar-refractivity contribution in [3.8, 4) is 5.88 Å². The van der Waals surface area contributed by atoms with Gasteiger partial charge in [0.15, 0.2) is 8.24 Å². The maximum atomic E-state index is 5.50. The fourth-order valence-corrected chi connectivity index (χ4v) is 12.9. The minimum absolute atomic E-state index is 0.395. The number of halogens is 1. The highest BCUT2D eigenvalue weighted by atomic mass is 127. The van der Waals surface area contributed by atoms with Gasteiger partial charge in [-0.25, -0.2) is 9.97 Å². The van der Waals surface area contributed by atoms with Gasteiger partial charge in [-0.2, -0.15) is 0 Å². The Bertz CT molecular complexity index is 514. The van der Waals surface area contributed by atoms with E-state index < -0.39 is 8.24 Å². The number of hydrogen-bond acceptors (Lipinski definition) is 4. The number of rotatable bonds is 5. The van der Waals surface area contributed by atoms with Crippen molar-refractivity contribution in [2.75, 3.05) is 18.2 Å². The van der Waals surface area contributed by atoms with Crippen LogP contribution in [0.1, 0.15) is 51.0 Å². The first kappa shape index (κ1) is 18.0. The molecule has 4 nitrogen and oxygen atoms in total. The van der Waals surface area contributed by atoms with Gasteiger partial charge in [-0.15, -0.1) is 0 Å². The van der Waals surface area contributed by atoms with E-state index in [0.717, 1.165) is 18.2 Å². The third-order valence-corrected chi connectivity index (χ3v) is 13.1. The third kappa shape index (κ3) is 2.55. The number of ether oxygens (including phenoxy) is 1. The topological polar surface area (TPSA) is 38.3 Å². The summed E-state index contributed by atoms with van der Waals surface area (Å²) in [6.07, 6.45) is 1.65. The summed E-state index contributed by atoms with van der Waals surface area (Å²) in [7, 11) is -0.0395. The molecule has 0 saturated carbocycles. The zero-order valence-electron chi connectivity index (χ0n) is 14.7. The van der Waals surface area contributed by atoms with Crippen LogP contribution in [0, 0.1) is 0 Å². The molecule has 0 N–H and O–H groups in total. The molecule has 0 aromatic carbocycles. The minimum Gasteiger partial charge on any atom is -0.481 e. The summed E-state index contributed by atoms with van der Waals surface area (Å²) >= 11 is 2.52. The molecule has 0 fully saturated rings. The first-order valence-electron chi connectivity index (χ1n) is 8.08. The molecule has 0 bridgehead atoms. The predicted molar refractivity (Wildman–Crippen MR) is 104 cm³/mol. The van der Waals surface area contributed by atoms with Crippen molar-refractivity contribution in [2.24, 2.45) is 0 Å². The van der Waals surface area contributed by atoms with E-state index in [-0.39, 0.29) is 0 Å². The summed E-state index contributed by atoms with van der Waals surface area (Å²) in [6, 6.07) is 0. The Kier molecular flexibility index (Phi) is 5.41. The van der Waals surface area contributed by atoms with Crippen LogP contribution in [-0.4, -0.2) is 31.9 Å². The largest absolute Gasteiger partial charge is 0.481 e. The van der Waals surface area contributed by atoms with E-state index in [1.54, 1.807) is 13.4 Å². The van der Waals surface area contributed by atoms with E-state index in [2.05, 4.69) is 78.7 Å². The van der Waals surface area contributed by atoms with Crippen LogP contribution in [0.3, 0.4) is 0 Å². The predicted octanol–water partition coefficient (Wildman–Crippen LogP) is 4.96. The van der Waals surface area contributed by atoms with Crippen LogP contribution in [0.5, 0.6) is 5.88 Å². The number of fused-ring (bicyclic) bond motifs is 1. The minimum atomic E-state index is -1.74. The van der Waals surface area contributed by atoms with Gasteiger partial charge in [0.2, 0.25) is 5.88 Å². The number of alkyl halides is 1. The second kappa shape index (κ2) is 6.63. The van der Waals surface area contributed by atoms with Crippen molar-refractivity contribution in [2.45, 2.75) is 62.1 Å². The molecule has 22 heavy (non-hydrogen) atoms. The van der Waals surface area contributed by atoms with E-state index in [9.17, 15) is 0 Å². The van der Waals surface area contributed by atoms with Crippen molar-refractivity contribution in [3.63, 3.8) is 0 Å². The quantitative estimate of drug-likeness (QED) is 0.374. The number of aromatic nitrogens is 2. The van der Waals surface area contributed by atoms with Crippen LogP contribution in [0.4, 0.5) is 5.82 Å². The zero-order chi connectivity index (χ0) is 16.7. The molecule has 1 aromatic rings. The van der Waals surface area contributed by atoms with Crippen molar-refractivity contribution >= 4 is 36.6 Å². The Labute approximate surface area is 149 Å². The van der Waals surface area contributed by atoms with Crippen LogP contribution in [-0.2, 0) is 0 Å². The molecule has 1 aliphatic heterocycles. The summed E-state index contributed by atoms with van der Waals surface area (Å²) in [5.74, 6) is 1.86. The van der Waals surface area contributed by atoms with Crippen LogP contribution in [0.25, 0.3) is 0 Å². The molecular weight excluding hydrogens is 405 g/mol. The number of nitrogens with zero attached hydrogens (tertiary/aromatic N) is 3. The van der Waals surface area contributed by atoms with Crippen LogP contribution in [0.15, 0.2) is 6.33 Å². The normalized spacial score (nSPS) is 18.5. The van der Waals surface area contributed by atoms with Crippen molar-refractivity contribution < 1.29 is 4.74 Å². The third-order valence-electron chi connectivity index (χ3n) is 5.17. The van der Waals surface area contributed by atoms with E-state index in [0.29, 0.717) is 20.5 Å². The summed E-state index contributed by atoms with van der Waals surface area (Å²) in [6.45, 7) is 15.4. The molecule has 2 rings (SSSR count). The van der Waals surface area contributed by atoms with Crippen LogP contribution >= 0.6 is 22.6 Å². The molecule has 1 unspecified atom stereocenters. The molecule has 6 heteroatoms. The monoisotopic (exact) mass is 433 g/mol. The molecule has 0 radical (unpaired) electrons. The van der Waals surface area contributed by atoms with Crippen molar-refractivity contribution in [3.05, 3.63) is 11.9 Å². The fraction of sp³-hybridized carbons (Fsp3) is 0.750. The van der Waals surface area contributed by atoms with Crippen LogP contribution < -0.4 is 9.30 Å². The summed E-state index contributed by atoms with van der Waals surface area (Å²) in [4.78, 5) is 9.00. The maximum absolute atomic E-state index is 5.50. The van der Waals surface area contributed by atoms with Crippen molar-refractivity contribution in [1.82, 2.24) is 9.97 Å². The van der Waals surface area contributed by atoms with Crippen LogP contribution in [0.2, 0.25) is 16.6 Å². The highest BCUT2D eigenvalue weighted by molar-refractivity contribution is 14.1. The molecule has 1 atom stereocenters. The molecule has 0 amide bonds. The van der Waals surface area contributed by atoms with E-state index in [1.165, 1.54) is 5.56 Å². The van der Waals surface area contributed by atoms with Gasteiger partial charge in [0.1, 0.15) is 12.1 Å². The average Bonchev–Trinajstić information content (AvgIpc) is 2.76. The molecule has 124 valence electrons. The summed E-state index contributed by atoms with van der Waals surface area (Å²) in [5, 5.41) is 0. The molecule has 0 spiro atoms. The molecule has 0 aliphatic carbocycles. The van der Waals surface area contributed by atoms with Gasteiger partial charge in [0.25, 0.3) is 0 Å². The second-order valence-corrected chi connectivity index (χ2v) is 14.3. The fourth-order valence-electron chi connectivity index (χ4n) is 4.64. The number of anilines is 1. The van der Waals surface area contributed by atoms with Crippen molar-refractivity contribution in [1.29, 1.82) is 0 Å². The molecule has 1 aromatic heterocycles. The lowest BCUT2D eigenvalue weighted by atomic mass is 10.2. The average molecular weight is 433 g/mol. The summed E-state index contributed by atoms with van der Waals surface area (Å²) in [5.41, 5.74) is 3.19. The first-order valence-corrected chi connectivity index (χ1v) is 11.5. The summed E-state index contributed by atoms with van der Waals surface area (Å²) < 4.78 is 8.57. The number of methoxy groups -OCH3 is 1.